The second-order valence-electron chi connectivity index (χ2n) is 4.61. The van der Waals surface area contributed by atoms with Crippen LogP contribution in [0.15, 0.2) is 48.5 Å². The summed E-state index contributed by atoms with van der Waals surface area (Å²) in [7, 11) is 0. The van der Waals surface area contributed by atoms with Gasteiger partial charge < -0.3 is 0 Å². The van der Waals surface area contributed by atoms with Gasteiger partial charge in [-0.25, -0.2) is 4.52 Å². The molecule has 3 nitrogen and oxygen atoms in total. The van der Waals surface area contributed by atoms with Crippen LogP contribution in [-0.2, 0) is 0 Å². The maximum atomic E-state index is 4.29. The fourth-order valence-electron chi connectivity index (χ4n) is 2.48. The molecule has 0 aliphatic heterocycles. The van der Waals surface area contributed by atoms with Crippen LogP contribution in [0, 0.1) is 6.92 Å². The fraction of sp³-hybridized carbons (Fsp3) is 0.0667. The summed E-state index contributed by atoms with van der Waals surface area (Å²) >= 11 is 0. The van der Waals surface area contributed by atoms with Crippen molar-refractivity contribution < 1.29 is 0 Å². The molecule has 0 spiro atoms. The van der Waals surface area contributed by atoms with E-state index in [1.165, 1.54) is 10.9 Å². The number of aromatic nitrogens is 3. The number of nitrogens with zero attached hydrogens (tertiary/aromatic N) is 3. The molecule has 0 N–H and O–H groups in total. The summed E-state index contributed by atoms with van der Waals surface area (Å²) in [6.07, 6.45) is 0. The number of aryl methyl sites for hydroxylation is 1. The lowest BCUT2D eigenvalue weighted by Gasteiger charge is -1.99. The minimum absolute atomic E-state index is 0.935. The lowest BCUT2D eigenvalue weighted by atomic mass is 10.2. The average Bonchev–Trinajstić information content (AvgIpc) is 2.76. The van der Waals surface area contributed by atoms with E-state index >= 15 is 0 Å². The molecule has 0 saturated heterocycles. The van der Waals surface area contributed by atoms with Gasteiger partial charge in [-0.1, -0.05) is 35.0 Å². The smallest absolute Gasteiger partial charge is 0.0968 e. The zero-order chi connectivity index (χ0) is 12.1. The highest BCUT2D eigenvalue weighted by Gasteiger charge is 2.07. The van der Waals surface area contributed by atoms with E-state index in [4.69, 9.17) is 0 Å². The normalized spacial score (nSPS) is 11.6. The van der Waals surface area contributed by atoms with Gasteiger partial charge in [0.25, 0.3) is 0 Å². The van der Waals surface area contributed by atoms with Crippen molar-refractivity contribution >= 4 is 27.3 Å². The van der Waals surface area contributed by atoms with Gasteiger partial charge in [-0.2, -0.15) is 0 Å². The lowest BCUT2D eigenvalue weighted by molar-refractivity contribution is 0.855. The molecule has 3 heteroatoms. The Morgan fingerprint density at radius 3 is 2.78 bits per heavy atom. The predicted octanol–water partition coefficient (Wildman–Crippen LogP) is 3.34. The van der Waals surface area contributed by atoms with E-state index in [2.05, 4.69) is 47.6 Å². The van der Waals surface area contributed by atoms with Gasteiger partial charge >= 0.3 is 0 Å². The highest BCUT2D eigenvalue weighted by atomic mass is 15.4. The van der Waals surface area contributed by atoms with Crippen LogP contribution in [0.4, 0.5) is 0 Å². The van der Waals surface area contributed by atoms with Crippen LogP contribution in [0.3, 0.4) is 0 Å². The van der Waals surface area contributed by atoms with Crippen LogP contribution in [0.1, 0.15) is 5.56 Å². The maximum absolute atomic E-state index is 4.29. The topological polar surface area (TPSA) is 30.2 Å². The van der Waals surface area contributed by atoms with Gasteiger partial charge in [0.1, 0.15) is 0 Å². The van der Waals surface area contributed by atoms with Crippen molar-refractivity contribution in [2.45, 2.75) is 6.92 Å². The van der Waals surface area contributed by atoms with Crippen LogP contribution in [0.2, 0.25) is 0 Å². The lowest BCUT2D eigenvalue weighted by Crippen LogP contribution is -1.95. The van der Waals surface area contributed by atoms with Crippen molar-refractivity contribution in [3.05, 3.63) is 54.1 Å². The van der Waals surface area contributed by atoms with Gasteiger partial charge in [0.2, 0.25) is 0 Å². The average molecular weight is 233 g/mol. The number of hydrogen-bond donors (Lipinski definition) is 0. The molecule has 0 aliphatic rings. The zero-order valence-electron chi connectivity index (χ0n) is 9.96. The standard InChI is InChI=1S/C15H11N3/c1-10-6-7-14-11(8-10)9-15-12-4-2-3-5-13(12)16-17-18(14)15/h2-9H,1H3. The largest absolute Gasteiger partial charge is 0.214 e. The summed E-state index contributed by atoms with van der Waals surface area (Å²) in [5.41, 5.74) is 4.41. The highest BCUT2D eigenvalue weighted by molar-refractivity contribution is 6.00. The maximum Gasteiger partial charge on any atom is 0.0968 e. The number of fused-ring (bicyclic) bond motifs is 5. The Balaban J connectivity index is 2.29. The molecule has 2 aromatic carbocycles. The molecule has 4 rings (SSSR count). The Bertz CT molecular complexity index is 890. The molecule has 0 bridgehead atoms. The number of rotatable bonds is 0. The van der Waals surface area contributed by atoms with Gasteiger partial charge in [-0.3, -0.25) is 0 Å². The molecule has 0 amide bonds. The van der Waals surface area contributed by atoms with Crippen LogP contribution < -0.4 is 0 Å². The second-order valence-corrected chi connectivity index (χ2v) is 4.61. The molecule has 4 aromatic rings. The quantitative estimate of drug-likeness (QED) is 0.466. The monoisotopic (exact) mass is 233 g/mol. The summed E-state index contributed by atoms with van der Waals surface area (Å²) in [6, 6.07) is 16.7. The second kappa shape index (κ2) is 3.29. The Kier molecular flexibility index (Phi) is 1.75. The molecule has 0 radical (unpaired) electrons. The first-order chi connectivity index (χ1) is 8.83. The molecule has 2 heterocycles. The van der Waals surface area contributed by atoms with Crippen molar-refractivity contribution in [1.82, 2.24) is 14.8 Å². The molecule has 0 aliphatic carbocycles. The van der Waals surface area contributed by atoms with Crippen molar-refractivity contribution in [3.63, 3.8) is 0 Å². The van der Waals surface area contributed by atoms with Crippen LogP contribution >= 0.6 is 0 Å². The summed E-state index contributed by atoms with van der Waals surface area (Å²) in [4.78, 5) is 0. The van der Waals surface area contributed by atoms with Gasteiger partial charge in [-0.05, 0) is 31.2 Å². The third kappa shape index (κ3) is 1.19. The van der Waals surface area contributed by atoms with Crippen LogP contribution in [0.25, 0.3) is 27.3 Å². The SMILES string of the molecule is Cc1ccc2c(c1)cc1c3ccccc3nnn21. The molecule has 0 atom stereocenters. The molecule has 0 unspecified atom stereocenters. The highest BCUT2D eigenvalue weighted by Crippen LogP contribution is 2.25. The minimum Gasteiger partial charge on any atom is -0.214 e. The first-order valence-electron chi connectivity index (χ1n) is 5.96. The van der Waals surface area contributed by atoms with Gasteiger partial charge in [0, 0.05) is 10.8 Å². The third-order valence-corrected chi connectivity index (χ3v) is 3.35. The minimum atomic E-state index is 0.935. The number of hydrogen-bond acceptors (Lipinski definition) is 2. The predicted molar refractivity (Wildman–Crippen MR) is 72.7 cm³/mol. The molecule has 2 aromatic heterocycles. The first-order valence-corrected chi connectivity index (χ1v) is 5.96. The van der Waals surface area contributed by atoms with E-state index in [1.54, 1.807) is 0 Å². The van der Waals surface area contributed by atoms with E-state index < -0.39 is 0 Å². The van der Waals surface area contributed by atoms with Crippen molar-refractivity contribution in [2.24, 2.45) is 0 Å². The van der Waals surface area contributed by atoms with Gasteiger partial charge in [-0.15, -0.1) is 5.10 Å². The van der Waals surface area contributed by atoms with Gasteiger partial charge in [0.05, 0.1) is 16.6 Å². The van der Waals surface area contributed by atoms with E-state index in [0.717, 1.165) is 21.9 Å². The van der Waals surface area contributed by atoms with E-state index in [-0.39, 0.29) is 0 Å². The van der Waals surface area contributed by atoms with E-state index in [1.807, 2.05) is 22.7 Å². The van der Waals surface area contributed by atoms with Crippen molar-refractivity contribution in [1.29, 1.82) is 0 Å². The molecule has 86 valence electrons. The van der Waals surface area contributed by atoms with Crippen molar-refractivity contribution in [3.8, 4) is 0 Å². The first kappa shape index (κ1) is 9.59. The Hall–Kier alpha value is -2.42. The Morgan fingerprint density at radius 2 is 1.83 bits per heavy atom. The Morgan fingerprint density at radius 1 is 0.944 bits per heavy atom. The summed E-state index contributed by atoms with van der Waals surface area (Å²) in [5, 5.41) is 10.9. The van der Waals surface area contributed by atoms with E-state index in [0.29, 0.717) is 0 Å². The third-order valence-electron chi connectivity index (χ3n) is 3.35. The van der Waals surface area contributed by atoms with Gasteiger partial charge in [0.15, 0.2) is 0 Å². The summed E-state index contributed by atoms with van der Waals surface area (Å²) in [5.74, 6) is 0. The molecule has 18 heavy (non-hydrogen) atoms. The summed E-state index contributed by atoms with van der Waals surface area (Å²) in [6.45, 7) is 2.10. The van der Waals surface area contributed by atoms with Crippen LogP contribution in [0.5, 0.6) is 0 Å². The summed E-state index contributed by atoms with van der Waals surface area (Å²) < 4.78 is 1.91. The molecule has 0 fully saturated rings. The molecular weight excluding hydrogens is 222 g/mol. The molecular formula is C15H11N3. The fourth-order valence-corrected chi connectivity index (χ4v) is 2.48. The van der Waals surface area contributed by atoms with E-state index in [9.17, 15) is 0 Å². The van der Waals surface area contributed by atoms with Crippen LogP contribution in [-0.4, -0.2) is 14.8 Å². The molecule has 0 saturated carbocycles. The zero-order valence-corrected chi connectivity index (χ0v) is 9.96. The Labute approximate surface area is 104 Å². The number of benzene rings is 2. The van der Waals surface area contributed by atoms with Crippen molar-refractivity contribution in [2.75, 3.05) is 0 Å².